The fourth-order valence-corrected chi connectivity index (χ4v) is 5.11. The van der Waals surface area contributed by atoms with Crippen molar-refractivity contribution in [2.75, 3.05) is 24.7 Å². The molecule has 1 heterocycles. The third kappa shape index (κ3) is 4.78. The maximum atomic E-state index is 12.4. The Morgan fingerprint density at radius 2 is 1.68 bits per heavy atom. The number of carbonyl (C=O) groups is 2. The van der Waals surface area contributed by atoms with Crippen molar-refractivity contribution >= 4 is 21.7 Å². The Kier molecular flexibility index (Phi) is 6.14. The maximum absolute atomic E-state index is 12.4. The van der Waals surface area contributed by atoms with Gasteiger partial charge in [0.2, 0.25) is 0 Å². The molecule has 0 aromatic heterocycles. The third-order valence-corrected chi connectivity index (χ3v) is 6.62. The number of rotatable bonds is 6. The van der Waals surface area contributed by atoms with E-state index in [-0.39, 0.29) is 23.5 Å². The molecule has 6 nitrogen and oxygen atoms in total. The zero-order valence-electron chi connectivity index (χ0n) is 15.7. The first kappa shape index (κ1) is 20.1. The van der Waals surface area contributed by atoms with Crippen molar-refractivity contribution in [3.05, 3.63) is 60.2 Å². The summed E-state index contributed by atoms with van der Waals surface area (Å²) < 4.78 is 28.4. The minimum Gasteiger partial charge on any atom is -0.452 e. The summed E-state index contributed by atoms with van der Waals surface area (Å²) in [5, 5.41) is 0. The van der Waals surface area contributed by atoms with Gasteiger partial charge in [0.15, 0.2) is 16.4 Å². The van der Waals surface area contributed by atoms with Gasteiger partial charge in [0.25, 0.3) is 5.91 Å². The smallest absolute Gasteiger partial charge is 0.338 e. The van der Waals surface area contributed by atoms with Crippen molar-refractivity contribution < 1.29 is 22.7 Å². The predicted octanol–water partition coefficient (Wildman–Crippen LogP) is 2.55. The van der Waals surface area contributed by atoms with Gasteiger partial charge >= 0.3 is 5.97 Å². The summed E-state index contributed by atoms with van der Waals surface area (Å²) in [6, 6.07) is 16.4. The van der Waals surface area contributed by atoms with Crippen LogP contribution in [-0.2, 0) is 19.4 Å². The van der Waals surface area contributed by atoms with Crippen LogP contribution in [0.25, 0.3) is 11.1 Å². The highest BCUT2D eigenvalue weighted by atomic mass is 32.2. The van der Waals surface area contributed by atoms with Crippen LogP contribution in [-0.4, -0.2) is 55.9 Å². The van der Waals surface area contributed by atoms with Crippen LogP contribution in [0.5, 0.6) is 0 Å². The Balaban J connectivity index is 1.58. The third-order valence-electron chi connectivity index (χ3n) is 4.86. The second-order valence-electron chi connectivity index (χ2n) is 6.76. The summed E-state index contributed by atoms with van der Waals surface area (Å²) in [6.45, 7) is 1.76. The summed E-state index contributed by atoms with van der Waals surface area (Å²) in [5.41, 5.74) is 2.38. The van der Waals surface area contributed by atoms with E-state index in [1.165, 1.54) is 4.90 Å². The molecule has 1 saturated heterocycles. The number of benzene rings is 2. The van der Waals surface area contributed by atoms with E-state index < -0.39 is 22.4 Å². The minimum absolute atomic E-state index is 0.0263. The van der Waals surface area contributed by atoms with E-state index in [4.69, 9.17) is 4.74 Å². The van der Waals surface area contributed by atoms with E-state index in [9.17, 15) is 18.0 Å². The van der Waals surface area contributed by atoms with E-state index >= 15 is 0 Å². The summed E-state index contributed by atoms with van der Waals surface area (Å²) >= 11 is 0. The number of carbonyl (C=O) groups excluding carboxylic acids is 2. The highest BCUT2D eigenvalue weighted by Gasteiger charge is 2.34. The lowest BCUT2D eigenvalue weighted by Crippen LogP contribution is -2.43. The molecule has 1 atom stereocenters. The second-order valence-corrected chi connectivity index (χ2v) is 8.98. The zero-order valence-corrected chi connectivity index (χ0v) is 16.5. The quantitative estimate of drug-likeness (QED) is 0.695. The van der Waals surface area contributed by atoms with E-state index in [0.29, 0.717) is 18.5 Å². The predicted molar refractivity (Wildman–Crippen MR) is 107 cm³/mol. The summed E-state index contributed by atoms with van der Waals surface area (Å²) in [6.07, 6.45) is 0.427. The molecule has 1 fully saturated rings. The molecule has 2 aromatic rings. The first-order valence-electron chi connectivity index (χ1n) is 9.22. The van der Waals surface area contributed by atoms with Gasteiger partial charge in [-0.2, -0.15) is 0 Å². The largest absolute Gasteiger partial charge is 0.452 e. The van der Waals surface area contributed by atoms with Crippen LogP contribution in [0.4, 0.5) is 0 Å². The number of esters is 1. The molecule has 0 bridgehead atoms. The van der Waals surface area contributed by atoms with Crippen molar-refractivity contribution in [3.8, 4) is 11.1 Å². The Morgan fingerprint density at radius 3 is 2.25 bits per heavy atom. The Hall–Kier alpha value is -2.67. The number of amides is 1. The first-order valence-corrected chi connectivity index (χ1v) is 11.0. The molecule has 1 aliphatic rings. The number of likely N-dealkylation sites (N-methyl/N-ethyl adjacent to an activating group) is 1. The topological polar surface area (TPSA) is 80.8 Å². The van der Waals surface area contributed by atoms with Gasteiger partial charge in [0.1, 0.15) is 0 Å². The van der Waals surface area contributed by atoms with Crippen molar-refractivity contribution in [1.29, 1.82) is 0 Å². The molecule has 7 heteroatoms. The van der Waals surface area contributed by atoms with Crippen LogP contribution < -0.4 is 0 Å². The lowest BCUT2D eigenvalue weighted by Gasteiger charge is -2.26. The van der Waals surface area contributed by atoms with Gasteiger partial charge in [-0.25, -0.2) is 13.2 Å². The number of ether oxygens (including phenoxy) is 1. The highest BCUT2D eigenvalue weighted by Crippen LogP contribution is 2.20. The standard InChI is InChI=1S/C21H23NO5S/c1-2-22(19-12-13-28(25,26)15-19)20(23)14-27-21(24)18-10-8-17(9-11-18)16-6-4-3-5-7-16/h3-11,19H,2,12-15H2,1H3. The minimum atomic E-state index is -3.09. The molecule has 148 valence electrons. The second kappa shape index (κ2) is 8.56. The van der Waals surface area contributed by atoms with Crippen molar-refractivity contribution in [2.45, 2.75) is 19.4 Å². The molecule has 28 heavy (non-hydrogen) atoms. The lowest BCUT2D eigenvalue weighted by atomic mass is 10.0. The molecule has 1 unspecified atom stereocenters. The van der Waals surface area contributed by atoms with E-state index in [1.54, 1.807) is 19.1 Å². The summed E-state index contributed by atoms with van der Waals surface area (Å²) in [5.74, 6) is -0.891. The van der Waals surface area contributed by atoms with Crippen LogP contribution in [0.3, 0.4) is 0 Å². The van der Waals surface area contributed by atoms with Crippen molar-refractivity contribution in [2.24, 2.45) is 0 Å². The molecule has 0 N–H and O–H groups in total. The van der Waals surface area contributed by atoms with Crippen molar-refractivity contribution in [1.82, 2.24) is 4.90 Å². The normalized spacial score (nSPS) is 17.8. The van der Waals surface area contributed by atoms with Gasteiger partial charge in [-0.1, -0.05) is 42.5 Å². The Morgan fingerprint density at radius 1 is 1.04 bits per heavy atom. The van der Waals surface area contributed by atoms with Gasteiger partial charge in [0.05, 0.1) is 17.1 Å². The Bertz CT molecular complexity index is 939. The fraction of sp³-hybridized carbons (Fsp3) is 0.333. The fourth-order valence-electron chi connectivity index (χ4n) is 3.38. The molecule has 2 aromatic carbocycles. The monoisotopic (exact) mass is 401 g/mol. The number of hydrogen-bond donors (Lipinski definition) is 0. The average molecular weight is 401 g/mol. The molecule has 3 rings (SSSR count). The molecule has 1 amide bonds. The summed E-state index contributed by atoms with van der Waals surface area (Å²) in [4.78, 5) is 26.1. The first-order chi connectivity index (χ1) is 13.4. The van der Waals surface area contributed by atoms with Gasteiger partial charge in [0, 0.05) is 12.6 Å². The van der Waals surface area contributed by atoms with Gasteiger partial charge in [-0.3, -0.25) is 4.79 Å². The molecule has 0 radical (unpaired) electrons. The van der Waals surface area contributed by atoms with E-state index in [2.05, 4.69) is 0 Å². The average Bonchev–Trinajstić information content (AvgIpc) is 3.07. The van der Waals surface area contributed by atoms with Crippen LogP contribution >= 0.6 is 0 Å². The van der Waals surface area contributed by atoms with Gasteiger partial charge in [-0.05, 0) is 36.6 Å². The molecule has 0 saturated carbocycles. The van der Waals surface area contributed by atoms with Crippen LogP contribution in [0, 0.1) is 0 Å². The van der Waals surface area contributed by atoms with Crippen LogP contribution in [0.15, 0.2) is 54.6 Å². The molecular formula is C21H23NO5S. The number of hydrogen-bond acceptors (Lipinski definition) is 5. The SMILES string of the molecule is CCN(C(=O)COC(=O)c1ccc(-c2ccccc2)cc1)C1CCS(=O)(=O)C1. The maximum Gasteiger partial charge on any atom is 0.338 e. The summed E-state index contributed by atoms with van der Waals surface area (Å²) in [7, 11) is -3.09. The number of nitrogens with zero attached hydrogens (tertiary/aromatic N) is 1. The van der Waals surface area contributed by atoms with E-state index in [0.717, 1.165) is 11.1 Å². The van der Waals surface area contributed by atoms with Gasteiger partial charge in [-0.15, -0.1) is 0 Å². The molecule has 0 spiro atoms. The Labute approximate surface area is 165 Å². The lowest BCUT2D eigenvalue weighted by molar-refractivity contribution is -0.136. The number of sulfone groups is 1. The van der Waals surface area contributed by atoms with Crippen LogP contribution in [0.2, 0.25) is 0 Å². The highest BCUT2D eigenvalue weighted by molar-refractivity contribution is 7.91. The zero-order chi connectivity index (χ0) is 20.1. The van der Waals surface area contributed by atoms with Gasteiger partial charge < -0.3 is 9.64 Å². The molecular weight excluding hydrogens is 378 g/mol. The van der Waals surface area contributed by atoms with Crippen molar-refractivity contribution in [3.63, 3.8) is 0 Å². The van der Waals surface area contributed by atoms with Crippen LogP contribution in [0.1, 0.15) is 23.7 Å². The molecule has 0 aliphatic carbocycles. The van der Waals surface area contributed by atoms with E-state index in [1.807, 2.05) is 42.5 Å². The molecule has 1 aliphatic heterocycles.